The summed E-state index contributed by atoms with van der Waals surface area (Å²) >= 11 is 0. The van der Waals surface area contributed by atoms with E-state index in [-0.39, 0.29) is 12.0 Å². The minimum Gasteiger partial charge on any atom is -0.467 e. The lowest BCUT2D eigenvalue weighted by molar-refractivity contribution is -0.124. The number of carbonyl (C=O) groups is 1. The molecule has 25 heavy (non-hydrogen) atoms. The van der Waals surface area contributed by atoms with Crippen molar-refractivity contribution >= 4 is 11.7 Å². The van der Waals surface area contributed by atoms with E-state index in [1.54, 1.807) is 12.5 Å². The van der Waals surface area contributed by atoms with Crippen LogP contribution in [0.4, 0.5) is 5.82 Å². The van der Waals surface area contributed by atoms with Crippen molar-refractivity contribution in [2.45, 2.75) is 12.6 Å². The lowest BCUT2D eigenvalue weighted by Gasteiger charge is -2.34. The highest BCUT2D eigenvalue weighted by atomic mass is 16.5. The molecule has 1 atom stereocenters. The van der Waals surface area contributed by atoms with Gasteiger partial charge in [-0.3, -0.25) is 9.69 Å². The molecule has 0 spiro atoms. The van der Waals surface area contributed by atoms with E-state index in [1.807, 2.05) is 36.2 Å². The van der Waals surface area contributed by atoms with Gasteiger partial charge in [-0.25, -0.2) is 0 Å². The molecule has 1 unspecified atom stereocenters. The second kappa shape index (κ2) is 8.59. The molecule has 1 amide bonds. The van der Waals surface area contributed by atoms with Crippen molar-refractivity contribution in [2.75, 3.05) is 44.7 Å². The Kier molecular flexibility index (Phi) is 5.97. The third kappa shape index (κ3) is 5.27. The highest BCUT2D eigenvalue weighted by Crippen LogP contribution is 2.11. The van der Waals surface area contributed by atoms with Crippen LogP contribution in [0.2, 0.25) is 0 Å². The Bertz CT molecular complexity index is 650. The SMILES string of the molecule is CN(CC1CN(CC(=O)NCc2ccco2)CCO1)c1cccnn1. The maximum absolute atomic E-state index is 12.1. The van der Waals surface area contributed by atoms with Crippen molar-refractivity contribution in [1.82, 2.24) is 20.4 Å². The first-order valence-electron chi connectivity index (χ1n) is 8.32. The second-order valence-electron chi connectivity index (χ2n) is 6.05. The number of anilines is 1. The highest BCUT2D eigenvalue weighted by molar-refractivity contribution is 5.77. The van der Waals surface area contributed by atoms with Gasteiger partial charge in [0.05, 0.1) is 32.1 Å². The van der Waals surface area contributed by atoms with Crippen LogP contribution in [0.3, 0.4) is 0 Å². The van der Waals surface area contributed by atoms with Gasteiger partial charge in [-0.1, -0.05) is 0 Å². The van der Waals surface area contributed by atoms with Crippen LogP contribution < -0.4 is 10.2 Å². The zero-order valence-electron chi connectivity index (χ0n) is 14.3. The van der Waals surface area contributed by atoms with E-state index in [0.717, 1.165) is 18.1 Å². The Balaban J connectivity index is 1.43. The normalized spacial score (nSPS) is 18.0. The van der Waals surface area contributed by atoms with Gasteiger partial charge in [0, 0.05) is 32.9 Å². The molecular weight excluding hydrogens is 322 g/mol. The number of likely N-dealkylation sites (N-methyl/N-ethyl adjacent to an activating group) is 1. The molecule has 1 saturated heterocycles. The molecule has 134 valence electrons. The maximum atomic E-state index is 12.1. The number of hydrogen-bond donors (Lipinski definition) is 1. The quantitative estimate of drug-likeness (QED) is 0.783. The average molecular weight is 345 g/mol. The first-order valence-corrected chi connectivity index (χ1v) is 8.32. The van der Waals surface area contributed by atoms with E-state index in [0.29, 0.717) is 32.8 Å². The fourth-order valence-corrected chi connectivity index (χ4v) is 2.79. The minimum absolute atomic E-state index is 0.0145. The highest BCUT2D eigenvalue weighted by Gasteiger charge is 2.23. The lowest BCUT2D eigenvalue weighted by atomic mass is 10.2. The summed E-state index contributed by atoms with van der Waals surface area (Å²) < 4.78 is 11.0. The fourth-order valence-electron chi connectivity index (χ4n) is 2.79. The van der Waals surface area contributed by atoms with Gasteiger partial charge in [0.15, 0.2) is 5.82 Å². The van der Waals surface area contributed by atoms with Crippen LogP contribution in [-0.4, -0.2) is 66.9 Å². The molecule has 2 aromatic rings. The van der Waals surface area contributed by atoms with Crippen LogP contribution in [0.15, 0.2) is 41.1 Å². The Labute approximate surface area is 146 Å². The second-order valence-corrected chi connectivity index (χ2v) is 6.05. The molecule has 8 heteroatoms. The number of amides is 1. The van der Waals surface area contributed by atoms with E-state index in [9.17, 15) is 4.79 Å². The van der Waals surface area contributed by atoms with E-state index in [4.69, 9.17) is 9.15 Å². The first kappa shape index (κ1) is 17.4. The van der Waals surface area contributed by atoms with Crippen molar-refractivity contribution in [2.24, 2.45) is 0 Å². The molecule has 0 aliphatic carbocycles. The van der Waals surface area contributed by atoms with Crippen LogP contribution in [-0.2, 0) is 16.1 Å². The maximum Gasteiger partial charge on any atom is 0.234 e. The molecular formula is C17H23N5O3. The molecule has 0 bridgehead atoms. The van der Waals surface area contributed by atoms with Crippen molar-refractivity contribution in [3.8, 4) is 0 Å². The van der Waals surface area contributed by atoms with Gasteiger partial charge in [0.25, 0.3) is 0 Å². The number of nitrogens with one attached hydrogen (secondary N) is 1. The third-order valence-electron chi connectivity index (χ3n) is 4.06. The van der Waals surface area contributed by atoms with Gasteiger partial charge in [-0.2, -0.15) is 5.10 Å². The summed E-state index contributed by atoms with van der Waals surface area (Å²) in [7, 11) is 1.96. The van der Waals surface area contributed by atoms with Gasteiger partial charge in [0.2, 0.25) is 5.91 Å². The third-order valence-corrected chi connectivity index (χ3v) is 4.06. The Morgan fingerprint density at radius 2 is 2.36 bits per heavy atom. The number of rotatable bonds is 7. The van der Waals surface area contributed by atoms with E-state index in [1.165, 1.54) is 0 Å². The lowest BCUT2D eigenvalue weighted by Crippen LogP contribution is -2.49. The molecule has 0 aromatic carbocycles. The first-order chi connectivity index (χ1) is 12.2. The van der Waals surface area contributed by atoms with Gasteiger partial charge < -0.3 is 19.4 Å². The topological polar surface area (TPSA) is 83.7 Å². The summed E-state index contributed by atoms with van der Waals surface area (Å²) in [6.45, 7) is 3.54. The summed E-state index contributed by atoms with van der Waals surface area (Å²) in [6, 6.07) is 7.42. The Morgan fingerprint density at radius 1 is 1.44 bits per heavy atom. The molecule has 2 aromatic heterocycles. The predicted octanol–water partition coefficient (Wildman–Crippen LogP) is 0.523. The summed E-state index contributed by atoms with van der Waals surface area (Å²) in [5.41, 5.74) is 0. The average Bonchev–Trinajstić information content (AvgIpc) is 3.15. The molecule has 0 radical (unpaired) electrons. The fraction of sp³-hybridized carbons (Fsp3) is 0.471. The van der Waals surface area contributed by atoms with Gasteiger partial charge in [-0.05, 0) is 24.3 Å². The molecule has 1 fully saturated rings. The molecule has 1 aliphatic heterocycles. The number of carbonyl (C=O) groups excluding carboxylic acids is 1. The van der Waals surface area contributed by atoms with Crippen molar-refractivity contribution in [3.63, 3.8) is 0 Å². The van der Waals surface area contributed by atoms with Crippen LogP contribution in [0.5, 0.6) is 0 Å². The minimum atomic E-state index is -0.0145. The number of nitrogens with zero attached hydrogens (tertiary/aromatic N) is 4. The van der Waals surface area contributed by atoms with E-state index >= 15 is 0 Å². The number of morpholine rings is 1. The van der Waals surface area contributed by atoms with Crippen molar-refractivity contribution < 1.29 is 13.9 Å². The summed E-state index contributed by atoms with van der Waals surface area (Å²) in [4.78, 5) is 16.2. The number of aromatic nitrogens is 2. The molecule has 3 heterocycles. The number of ether oxygens (including phenoxy) is 1. The monoisotopic (exact) mass is 345 g/mol. The summed E-state index contributed by atoms with van der Waals surface area (Å²) in [5, 5.41) is 10.9. The van der Waals surface area contributed by atoms with Gasteiger partial charge >= 0.3 is 0 Å². The largest absolute Gasteiger partial charge is 0.467 e. The molecule has 1 N–H and O–H groups in total. The van der Waals surface area contributed by atoms with Crippen molar-refractivity contribution in [1.29, 1.82) is 0 Å². The number of furan rings is 1. The van der Waals surface area contributed by atoms with Gasteiger partial charge in [-0.15, -0.1) is 5.10 Å². The summed E-state index contributed by atoms with van der Waals surface area (Å²) in [6.07, 6.45) is 3.28. The Morgan fingerprint density at radius 3 is 3.12 bits per heavy atom. The smallest absolute Gasteiger partial charge is 0.234 e. The van der Waals surface area contributed by atoms with Crippen molar-refractivity contribution in [3.05, 3.63) is 42.5 Å². The van der Waals surface area contributed by atoms with Crippen LogP contribution in [0.1, 0.15) is 5.76 Å². The predicted molar refractivity (Wildman–Crippen MR) is 92.0 cm³/mol. The van der Waals surface area contributed by atoms with E-state index in [2.05, 4.69) is 20.4 Å². The van der Waals surface area contributed by atoms with Crippen LogP contribution in [0.25, 0.3) is 0 Å². The Hall–Kier alpha value is -2.45. The molecule has 0 saturated carbocycles. The van der Waals surface area contributed by atoms with Crippen LogP contribution >= 0.6 is 0 Å². The van der Waals surface area contributed by atoms with E-state index < -0.39 is 0 Å². The standard InChI is InChI=1S/C17H23N5O3/c1-21(16-5-2-6-19-20-16)11-15-12-22(7-9-25-15)13-17(23)18-10-14-4-3-8-24-14/h2-6,8,15H,7,9-13H2,1H3,(H,18,23). The number of hydrogen-bond acceptors (Lipinski definition) is 7. The zero-order chi connectivity index (χ0) is 17.5. The molecule has 8 nitrogen and oxygen atoms in total. The summed E-state index contributed by atoms with van der Waals surface area (Å²) in [5.74, 6) is 1.54. The molecule has 1 aliphatic rings. The van der Waals surface area contributed by atoms with Gasteiger partial charge in [0.1, 0.15) is 5.76 Å². The van der Waals surface area contributed by atoms with Crippen LogP contribution in [0, 0.1) is 0 Å². The molecule has 3 rings (SSSR count). The zero-order valence-corrected chi connectivity index (χ0v) is 14.3.